The molecule has 106 valence electrons. The summed E-state index contributed by atoms with van der Waals surface area (Å²) in [6.45, 7) is 1.80. The molecule has 2 fully saturated rings. The lowest BCUT2D eigenvalue weighted by Crippen LogP contribution is -2.22. The highest BCUT2D eigenvalue weighted by Gasteiger charge is 2.38. The van der Waals surface area contributed by atoms with Crippen LogP contribution in [0.15, 0.2) is 11.2 Å². The number of ether oxygens (including phenoxy) is 1. The number of thioether (sulfide) groups is 1. The molecule has 1 saturated heterocycles. The Labute approximate surface area is 121 Å². The number of fused-ring (bicyclic) bond motifs is 2. The van der Waals surface area contributed by atoms with Gasteiger partial charge in [0.15, 0.2) is 0 Å². The fourth-order valence-electron chi connectivity index (χ4n) is 3.24. The number of nitrogens with one attached hydrogen (secondary N) is 2. The van der Waals surface area contributed by atoms with Crippen LogP contribution in [0.5, 0.6) is 0 Å². The molecular formula is C13H16N4O2S. The zero-order valence-corrected chi connectivity index (χ0v) is 11.8. The van der Waals surface area contributed by atoms with E-state index in [1.807, 2.05) is 0 Å². The Morgan fingerprint density at radius 2 is 2.15 bits per heavy atom. The molecule has 7 heteroatoms. The van der Waals surface area contributed by atoms with Gasteiger partial charge in [-0.25, -0.2) is 9.97 Å². The summed E-state index contributed by atoms with van der Waals surface area (Å²) in [6.07, 6.45) is 3.96. The van der Waals surface area contributed by atoms with Crippen molar-refractivity contribution in [1.82, 2.24) is 9.97 Å². The SMILES string of the molecule is O=C1CSc2nc(NC3CC4COCC4C3)ncc2N1. The van der Waals surface area contributed by atoms with E-state index in [9.17, 15) is 4.79 Å². The van der Waals surface area contributed by atoms with Gasteiger partial charge in [0.05, 0.1) is 17.6 Å². The number of carbonyl (C=O) groups is 1. The zero-order chi connectivity index (χ0) is 13.5. The first kappa shape index (κ1) is 12.4. The molecule has 1 aliphatic carbocycles. The number of aromatic nitrogens is 2. The van der Waals surface area contributed by atoms with Gasteiger partial charge in [-0.2, -0.15) is 0 Å². The predicted molar refractivity (Wildman–Crippen MR) is 75.8 cm³/mol. The molecule has 0 aromatic carbocycles. The first-order valence-corrected chi connectivity index (χ1v) is 7.90. The van der Waals surface area contributed by atoms with Gasteiger partial charge in [0.25, 0.3) is 0 Å². The average molecular weight is 292 g/mol. The van der Waals surface area contributed by atoms with Crippen molar-refractivity contribution in [2.45, 2.75) is 23.9 Å². The Kier molecular flexibility index (Phi) is 3.03. The summed E-state index contributed by atoms with van der Waals surface area (Å²) in [5.74, 6) is 2.49. The lowest BCUT2D eigenvalue weighted by Gasteiger charge is -2.18. The van der Waals surface area contributed by atoms with Crippen molar-refractivity contribution < 1.29 is 9.53 Å². The van der Waals surface area contributed by atoms with Crippen LogP contribution in [0, 0.1) is 11.8 Å². The lowest BCUT2D eigenvalue weighted by atomic mass is 10.0. The van der Waals surface area contributed by atoms with Crippen molar-refractivity contribution in [2.24, 2.45) is 11.8 Å². The highest BCUT2D eigenvalue weighted by Crippen LogP contribution is 2.38. The third-order valence-corrected chi connectivity index (χ3v) is 5.20. The van der Waals surface area contributed by atoms with Gasteiger partial charge in [0.2, 0.25) is 11.9 Å². The molecule has 6 nitrogen and oxygen atoms in total. The molecule has 0 bridgehead atoms. The standard InChI is InChI=1S/C13H16N4O2S/c18-11-6-20-12-10(16-11)3-14-13(17-12)15-9-1-7-4-19-5-8(7)2-9/h3,7-9H,1-2,4-6H2,(H,16,18)(H,14,15,17). The summed E-state index contributed by atoms with van der Waals surface area (Å²) in [6, 6.07) is 0.440. The largest absolute Gasteiger partial charge is 0.381 e. The minimum Gasteiger partial charge on any atom is -0.381 e. The lowest BCUT2D eigenvalue weighted by molar-refractivity contribution is -0.113. The third kappa shape index (κ3) is 2.25. The van der Waals surface area contributed by atoms with E-state index >= 15 is 0 Å². The maximum absolute atomic E-state index is 11.3. The predicted octanol–water partition coefficient (Wildman–Crippen LogP) is 1.36. The summed E-state index contributed by atoms with van der Waals surface area (Å²) >= 11 is 1.46. The molecule has 1 saturated carbocycles. The molecule has 1 amide bonds. The number of rotatable bonds is 2. The van der Waals surface area contributed by atoms with Crippen molar-refractivity contribution in [1.29, 1.82) is 0 Å². The number of amides is 1. The van der Waals surface area contributed by atoms with E-state index in [0.29, 0.717) is 35.3 Å². The third-order valence-electron chi connectivity index (χ3n) is 4.21. The molecule has 0 radical (unpaired) electrons. The summed E-state index contributed by atoms with van der Waals surface area (Å²) in [5, 5.41) is 7.06. The molecule has 4 rings (SSSR count). The van der Waals surface area contributed by atoms with Crippen molar-refractivity contribution >= 4 is 29.3 Å². The molecule has 0 spiro atoms. The minimum atomic E-state index is 0.00965. The zero-order valence-electron chi connectivity index (χ0n) is 11.0. The summed E-state index contributed by atoms with van der Waals surface area (Å²) < 4.78 is 5.49. The van der Waals surface area contributed by atoms with Gasteiger partial charge in [-0.05, 0) is 24.7 Å². The number of hydrogen-bond donors (Lipinski definition) is 2. The van der Waals surface area contributed by atoms with E-state index in [4.69, 9.17) is 4.74 Å². The molecule has 20 heavy (non-hydrogen) atoms. The smallest absolute Gasteiger partial charge is 0.234 e. The van der Waals surface area contributed by atoms with Gasteiger partial charge in [0, 0.05) is 19.3 Å². The van der Waals surface area contributed by atoms with Crippen molar-refractivity contribution in [3.8, 4) is 0 Å². The van der Waals surface area contributed by atoms with E-state index < -0.39 is 0 Å². The van der Waals surface area contributed by atoms with E-state index in [1.54, 1.807) is 6.20 Å². The number of nitrogens with zero attached hydrogens (tertiary/aromatic N) is 2. The Morgan fingerprint density at radius 3 is 2.95 bits per heavy atom. The normalized spacial score (nSPS) is 31.6. The van der Waals surface area contributed by atoms with Crippen molar-refractivity contribution in [3.05, 3.63) is 6.20 Å². The second kappa shape index (κ2) is 4.89. The van der Waals surface area contributed by atoms with Crippen LogP contribution in [-0.2, 0) is 9.53 Å². The van der Waals surface area contributed by atoms with Crippen molar-refractivity contribution in [3.63, 3.8) is 0 Å². The maximum Gasteiger partial charge on any atom is 0.234 e. The van der Waals surface area contributed by atoms with E-state index in [2.05, 4.69) is 20.6 Å². The molecule has 2 unspecified atom stereocenters. The van der Waals surface area contributed by atoms with Crippen LogP contribution in [0.3, 0.4) is 0 Å². The molecule has 1 aromatic rings. The molecule has 3 heterocycles. The van der Waals surface area contributed by atoms with E-state index in [-0.39, 0.29) is 5.91 Å². The fraction of sp³-hybridized carbons (Fsp3) is 0.615. The Bertz CT molecular complexity index is 541. The van der Waals surface area contributed by atoms with Gasteiger partial charge in [0.1, 0.15) is 5.03 Å². The number of hydrogen-bond acceptors (Lipinski definition) is 6. The van der Waals surface area contributed by atoms with Gasteiger partial charge in [-0.15, -0.1) is 0 Å². The molecule has 3 aliphatic rings. The van der Waals surface area contributed by atoms with Crippen LogP contribution in [0.2, 0.25) is 0 Å². The molecular weight excluding hydrogens is 276 g/mol. The van der Waals surface area contributed by atoms with Crippen LogP contribution in [-0.4, -0.2) is 40.9 Å². The van der Waals surface area contributed by atoms with Gasteiger partial charge < -0.3 is 15.4 Å². The number of anilines is 2. The maximum atomic E-state index is 11.3. The second-order valence-electron chi connectivity index (χ2n) is 5.62. The van der Waals surface area contributed by atoms with E-state index in [0.717, 1.165) is 31.1 Å². The van der Waals surface area contributed by atoms with E-state index in [1.165, 1.54) is 11.8 Å². The van der Waals surface area contributed by atoms with Gasteiger partial charge >= 0.3 is 0 Å². The van der Waals surface area contributed by atoms with Crippen LogP contribution in [0.25, 0.3) is 0 Å². The van der Waals surface area contributed by atoms with Gasteiger partial charge in [-0.3, -0.25) is 4.79 Å². The van der Waals surface area contributed by atoms with Crippen LogP contribution < -0.4 is 10.6 Å². The minimum absolute atomic E-state index is 0.00965. The van der Waals surface area contributed by atoms with Crippen LogP contribution in [0.4, 0.5) is 11.6 Å². The average Bonchev–Trinajstić information content (AvgIpc) is 3.00. The Balaban J connectivity index is 1.46. The van der Waals surface area contributed by atoms with Crippen LogP contribution in [0.1, 0.15) is 12.8 Å². The first-order chi connectivity index (χ1) is 9.78. The molecule has 2 N–H and O–H groups in total. The monoisotopic (exact) mass is 292 g/mol. The van der Waals surface area contributed by atoms with Crippen molar-refractivity contribution in [2.75, 3.05) is 29.6 Å². The topological polar surface area (TPSA) is 76.1 Å². The molecule has 2 aliphatic heterocycles. The summed E-state index contributed by atoms with van der Waals surface area (Å²) in [7, 11) is 0. The fourth-order valence-corrected chi connectivity index (χ4v) is 3.99. The Hall–Kier alpha value is -1.34. The molecule has 1 aromatic heterocycles. The molecule has 2 atom stereocenters. The summed E-state index contributed by atoms with van der Waals surface area (Å²) in [4.78, 5) is 20.1. The first-order valence-electron chi connectivity index (χ1n) is 6.92. The highest BCUT2D eigenvalue weighted by molar-refractivity contribution is 8.00. The highest BCUT2D eigenvalue weighted by atomic mass is 32.2. The van der Waals surface area contributed by atoms with Gasteiger partial charge in [-0.1, -0.05) is 11.8 Å². The second-order valence-corrected chi connectivity index (χ2v) is 6.58. The quantitative estimate of drug-likeness (QED) is 0.802. The Morgan fingerprint density at radius 1 is 1.35 bits per heavy atom. The summed E-state index contributed by atoms with van der Waals surface area (Å²) in [5.41, 5.74) is 0.716. The number of carbonyl (C=O) groups excluding carboxylic acids is 1. The van der Waals surface area contributed by atoms with Crippen LogP contribution >= 0.6 is 11.8 Å².